The van der Waals surface area contributed by atoms with Crippen molar-refractivity contribution >= 4 is 15.2 Å². The molecule has 0 aliphatic rings. The lowest BCUT2D eigenvalue weighted by Gasteiger charge is -2.50. The van der Waals surface area contributed by atoms with Crippen molar-refractivity contribution in [3.05, 3.63) is 0 Å². The molecule has 0 unspecified atom stereocenters. The van der Waals surface area contributed by atoms with Gasteiger partial charge >= 0.3 is 15.2 Å². The molecule has 0 radical (unpaired) electrons. The molecular formula is C18H40O6P2. The van der Waals surface area contributed by atoms with Gasteiger partial charge in [-0.15, -0.1) is 0 Å². The van der Waals surface area contributed by atoms with E-state index in [1.165, 1.54) is 0 Å². The van der Waals surface area contributed by atoms with Crippen LogP contribution in [-0.4, -0.2) is 30.9 Å². The van der Waals surface area contributed by atoms with Crippen LogP contribution in [0, 0.1) is 5.41 Å². The first-order valence-corrected chi connectivity index (χ1v) is 13.5. The average Bonchev–Trinajstić information content (AvgIpc) is 2.54. The first-order valence-electron chi connectivity index (χ1n) is 10.1. The summed E-state index contributed by atoms with van der Waals surface area (Å²) < 4.78 is 23.2. The molecule has 0 heterocycles. The van der Waals surface area contributed by atoms with Gasteiger partial charge in [0.05, 0.1) is 5.16 Å². The first kappa shape index (κ1) is 26.3. The maximum atomic E-state index is 12.4. The van der Waals surface area contributed by atoms with E-state index in [9.17, 15) is 18.9 Å². The summed E-state index contributed by atoms with van der Waals surface area (Å²) in [5.74, 6) is 0. The van der Waals surface area contributed by atoms with Crippen LogP contribution in [0.15, 0.2) is 0 Å². The minimum absolute atomic E-state index is 0.0421. The van der Waals surface area contributed by atoms with Crippen molar-refractivity contribution < 1.29 is 28.7 Å². The van der Waals surface area contributed by atoms with E-state index in [1.807, 2.05) is 27.7 Å². The van der Waals surface area contributed by atoms with Crippen molar-refractivity contribution in [2.75, 3.05) is 6.16 Å². The molecule has 26 heavy (non-hydrogen) atoms. The van der Waals surface area contributed by atoms with Crippen LogP contribution < -0.4 is 0 Å². The van der Waals surface area contributed by atoms with Crippen molar-refractivity contribution in [2.45, 2.75) is 103 Å². The van der Waals surface area contributed by atoms with Gasteiger partial charge < -0.3 is 19.6 Å². The van der Waals surface area contributed by atoms with Crippen LogP contribution >= 0.6 is 15.2 Å². The van der Waals surface area contributed by atoms with Crippen LogP contribution in [0.25, 0.3) is 0 Å². The van der Waals surface area contributed by atoms with Gasteiger partial charge in [0.2, 0.25) is 0 Å². The van der Waals surface area contributed by atoms with Crippen molar-refractivity contribution in [1.29, 1.82) is 0 Å². The Balaban J connectivity index is 4.69. The van der Waals surface area contributed by atoms with E-state index < -0.39 is 20.3 Å². The number of hydrogen-bond acceptors (Lipinski definition) is 2. The summed E-state index contributed by atoms with van der Waals surface area (Å²) in [5.41, 5.74) is -0.351. The molecule has 0 atom stereocenters. The Morgan fingerprint density at radius 3 is 1.42 bits per heavy atom. The van der Waals surface area contributed by atoms with Gasteiger partial charge in [-0.3, -0.25) is 9.13 Å². The lowest BCUT2D eigenvalue weighted by molar-refractivity contribution is 0.110. The summed E-state index contributed by atoms with van der Waals surface area (Å²) in [6.07, 6.45) is 8.48. The van der Waals surface area contributed by atoms with E-state index in [0.717, 1.165) is 51.4 Å². The zero-order chi connectivity index (χ0) is 20.5. The quantitative estimate of drug-likeness (QED) is 0.210. The number of rotatable bonds is 15. The monoisotopic (exact) mass is 414 g/mol. The van der Waals surface area contributed by atoms with Gasteiger partial charge in [0, 0.05) is 6.16 Å². The van der Waals surface area contributed by atoms with Crippen molar-refractivity contribution in [1.82, 2.24) is 0 Å². The topological polar surface area (TPSA) is 115 Å². The molecule has 0 aromatic heterocycles. The van der Waals surface area contributed by atoms with Crippen LogP contribution in [0.1, 0.15) is 98.3 Å². The highest BCUT2D eigenvalue weighted by molar-refractivity contribution is 7.53. The molecule has 4 N–H and O–H groups in total. The molecule has 0 amide bonds. The van der Waals surface area contributed by atoms with Gasteiger partial charge in [-0.2, -0.15) is 0 Å². The molecule has 0 bridgehead atoms. The van der Waals surface area contributed by atoms with Crippen molar-refractivity contribution in [3.63, 3.8) is 0 Å². The second kappa shape index (κ2) is 11.3. The molecule has 0 rings (SSSR count). The predicted molar refractivity (Wildman–Crippen MR) is 108 cm³/mol. The molecule has 0 spiro atoms. The van der Waals surface area contributed by atoms with Crippen LogP contribution in [0.5, 0.6) is 0 Å². The fraction of sp³-hybridized carbons (Fsp3) is 1.00. The highest BCUT2D eigenvalue weighted by atomic mass is 31.2. The van der Waals surface area contributed by atoms with Gasteiger partial charge in [0.1, 0.15) is 0 Å². The molecule has 0 aromatic carbocycles. The van der Waals surface area contributed by atoms with E-state index in [2.05, 4.69) is 0 Å². The van der Waals surface area contributed by atoms with E-state index >= 15 is 0 Å². The minimum atomic E-state index is -4.22. The highest BCUT2D eigenvalue weighted by Crippen LogP contribution is 2.66. The Hall–Kier alpha value is 0.300. The van der Waals surface area contributed by atoms with E-state index in [1.54, 1.807) is 0 Å². The summed E-state index contributed by atoms with van der Waals surface area (Å²) in [7, 11) is -8.09. The number of hydrogen-bond donors (Lipinski definition) is 4. The lowest BCUT2D eigenvalue weighted by atomic mass is 9.65. The SMILES string of the molecule is CCC(CC)(CCCCCCCCP(=O)(O)O)C(CC)(CC)P(=O)(O)O. The first-order chi connectivity index (χ1) is 11.9. The Bertz CT molecular complexity index is 474. The Morgan fingerprint density at radius 1 is 0.654 bits per heavy atom. The zero-order valence-electron chi connectivity index (χ0n) is 17.0. The molecule has 0 fully saturated rings. The molecular weight excluding hydrogens is 374 g/mol. The molecule has 0 aliphatic carbocycles. The lowest BCUT2D eigenvalue weighted by Crippen LogP contribution is -2.46. The molecule has 8 heteroatoms. The van der Waals surface area contributed by atoms with Gasteiger partial charge in [-0.05, 0) is 43.9 Å². The van der Waals surface area contributed by atoms with E-state index in [-0.39, 0.29) is 11.6 Å². The van der Waals surface area contributed by atoms with Gasteiger partial charge in [-0.1, -0.05) is 59.8 Å². The summed E-state index contributed by atoms with van der Waals surface area (Å²) in [6.45, 7) is 7.87. The minimum Gasteiger partial charge on any atom is -0.324 e. The summed E-state index contributed by atoms with van der Waals surface area (Å²) in [4.78, 5) is 38.0. The predicted octanol–water partition coefficient (Wildman–Crippen LogP) is 5.44. The largest absolute Gasteiger partial charge is 0.332 e. The smallest absolute Gasteiger partial charge is 0.324 e. The molecule has 158 valence electrons. The highest BCUT2D eigenvalue weighted by Gasteiger charge is 2.56. The van der Waals surface area contributed by atoms with Crippen molar-refractivity contribution in [3.8, 4) is 0 Å². The standard InChI is InChI=1S/C18H40O6P2/c1-5-17(6-2,18(7-3,8-4)26(22,23)24)15-13-11-9-10-12-14-16-25(19,20)21/h5-16H2,1-4H3,(H2,19,20,21)(H2,22,23,24). The third kappa shape index (κ3) is 7.04. The zero-order valence-corrected chi connectivity index (χ0v) is 18.8. The second-order valence-electron chi connectivity index (χ2n) is 7.53. The molecule has 0 saturated carbocycles. The van der Waals surface area contributed by atoms with Crippen molar-refractivity contribution in [2.24, 2.45) is 5.41 Å². The Morgan fingerprint density at radius 2 is 1.08 bits per heavy atom. The van der Waals surface area contributed by atoms with Crippen LogP contribution in [0.4, 0.5) is 0 Å². The van der Waals surface area contributed by atoms with Gasteiger partial charge in [0.15, 0.2) is 0 Å². The Labute approximate surface area is 159 Å². The molecule has 6 nitrogen and oxygen atoms in total. The third-order valence-corrected chi connectivity index (χ3v) is 9.54. The summed E-state index contributed by atoms with van der Waals surface area (Å²) in [5, 5.41) is -0.951. The maximum absolute atomic E-state index is 12.4. The van der Waals surface area contributed by atoms with E-state index in [4.69, 9.17) is 9.79 Å². The summed E-state index contributed by atoms with van der Waals surface area (Å²) in [6, 6.07) is 0. The molecule has 0 aliphatic heterocycles. The third-order valence-electron chi connectivity index (χ3n) is 6.42. The van der Waals surface area contributed by atoms with Gasteiger partial charge in [0.25, 0.3) is 0 Å². The Kier molecular flexibility index (Phi) is 11.5. The van der Waals surface area contributed by atoms with Crippen LogP contribution in [0.3, 0.4) is 0 Å². The van der Waals surface area contributed by atoms with Crippen LogP contribution in [-0.2, 0) is 9.13 Å². The van der Waals surface area contributed by atoms with Gasteiger partial charge in [-0.25, -0.2) is 0 Å². The second-order valence-corrected chi connectivity index (χ2v) is 11.3. The summed E-state index contributed by atoms with van der Waals surface area (Å²) >= 11 is 0. The fourth-order valence-electron chi connectivity index (χ4n) is 4.70. The normalized spacial score (nSPS) is 14.0. The molecule has 0 saturated heterocycles. The van der Waals surface area contributed by atoms with Crippen LogP contribution in [0.2, 0.25) is 0 Å². The fourth-order valence-corrected chi connectivity index (χ4v) is 7.21. The van der Waals surface area contributed by atoms with E-state index in [0.29, 0.717) is 19.3 Å². The molecule has 0 aromatic rings. The number of unbranched alkanes of at least 4 members (excludes halogenated alkanes) is 5. The maximum Gasteiger partial charge on any atom is 0.332 e. The average molecular weight is 414 g/mol.